The number of rotatable bonds is 2. The highest BCUT2D eigenvalue weighted by Gasteiger charge is 2.43. The maximum Gasteiger partial charge on any atom is 0.307 e. The van der Waals surface area contributed by atoms with Crippen LogP contribution in [0.2, 0.25) is 0 Å². The van der Waals surface area contributed by atoms with Gasteiger partial charge in [-0.15, -0.1) is 0 Å². The number of carboxylic acids is 1. The lowest BCUT2D eigenvalue weighted by molar-refractivity contribution is -0.144. The number of hydrogen-bond acceptors (Lipinski definition) is 3. The predicted octanol–water partition coefficient (Wildman–Crippen LogP) is 0.354. The summed E-state index contributed by atoms with van der Waals surface area (Å²) >= 11 is 0. The molecule has 74 valence electrons. The van der Waals surface area contributed by atoms with Crippen molar-refractivity contribution < 1.29 is 20.1 Å². The summed E-state index contributed by atoms with van der Waals surface area (Å²) in [6.45, 7) is 3.42. The van der Waals surface area contributed by atoms with Crippen molar-refractivity contribution >= 4 is 5.97 Å². The van der Waals surface area contributed by atoms with Gasteiger partial charge in [-0.25, -0.2) is 0 Å². The number of carbonyl (C=O) groups is 1. The number of aliphatic hydroxyl groups is 2. The molecule has 1 atom stereocenters. The molecule has 0 saturated heterocycles. The fraction of sp³-hybridized carbons (Fsp3) is 0.667. The summed E-state index contributed by atoms with van der Waals surface area (Å²) in [7, 11) is 0. The highest BCUT2D eigenvalue weighted by atomic mass is 16.5. The first-order chi connectivity index (χ1) is 5.87. The van der Waals surface area contributed by atoms with Gasteiger partial charge in [-0.2, -0.15) is 0 Å². The highest BCUT2D eigenvalue weighted by molar-refractivity contribution is 5.73. The molecule has 1 unspecified atom stereocenters. The van der Waals surface area contributed by atoms with E-state index in [2.05, 4.69) is 0 Å². The van der Waals surface area contributed by atoms with E-state index in [9.17, 15) is 4.79 Å². The van der Waals surface area contributed by atoms with E-state index < -0.39 is 23.6 Å². The summed E-state index contributed by atoms with van der Waals surface area (Å²) in [5, 5.41) is 26.8. The Kier molecular flexibility index (Phi) is 2.45. The molecule has 0 aliphatic heterocycles. The minimum absolute atomic E-state index is 0.370. The SMILES string of the molecule is CC1(C)C(C(O)O)=CCC1C(=O)O. The summed E-state index contributed by atoms with van der Waals surface area (Å²) < 4.78 is 0. The van der Waals surface area contributed by atoms with Gasteiger partial charge in [0.1, 0.15) is 0 Å². The summed E-state index contributed by atoms with van der Waals surface area (Å²) in [5.74, 6) is -1.44. The Morgan fingerprint density at radius 1 is 1.62 bits per heavy atom. The van der Waals surface area contributed by atoms with Crippen molar-refractivity contribution in [2.45, 2.75) is 26.6 Å². The maximum absolute atomic E-state index is 10.8. The van der Waals surface area contributed by atoms with Crippen LogP contribution in [-0.2, 0) is 4.79 Å². The third-order valence-corrected chi connectivity index (χ3v) is 2.76. The van der Waals surface area contributed by atoms with E-state index in [1.54, 1.807) is 19.9 Å². The smallest absolute Gasteiger partial charge is 0.307 e. The van der Waals surface area contributed by atoms with Crippen LogP contribution in [-0.4, -0.2) is 27.6 Å². The molecule has 0 aromatic rings. The van der Waals surface area contributed by atoms with Crippen LogP contribution >= 0.6 is 0 Å². The van der Waals surface area contributed by atoms with E-state index in [1.807, 2.05) is 0 Å². The van der Waals surface area contributed by atoms with Gasteiger partial charge in [-0.05, 0) is 12.0 Å². The molecule has 1 rings (SSSR count). The Labute approximate surface area is 76.5 Å². The van der Waals surface area contributed by atoms with Crippen molar-refractivity contribution in [1.29, 1.82) is 0 Å². The molecule has 0 fully saturated rings. The van der Waals surface area contributed by atoms with Gasteiger partial charge in [0.2, 0.25) is 0 Å². The molecular formula is C9H14O4. The van der Waals surface area contributed by atoms with E-state index >= 15 is 0 Å². The molecule has 1 aliphatic carbocycles. The van der Waals surface area contributed by atoms with Gasteiger partial charge >= 0.3 is 5.97 Å². The van der Waals surface area contributed by atoms with Crippen LogP contribution in [0.15, 0.2) is 11.6 Å². The Balaban J connectivity index is 2.91. The Bertz CT molecular complexity index is 252. The zero-order chi connectivity index (χ0) is 10.2. The Morgan fingerprint density at radius 3 is 2.38 bits per heavy atom. The fourth-order valence-corrected chi connectivity index (χ4v) is 1.85. The average Bonchev–Trinajstić information content (AvgIpc) is 2.24. The van der Waals surface area contributed by atoms with Crippen molar-refractivity contribution in [3.05, 3.63) is 11.6 Å². The predicted molar refractivity (Wildman–Crippen MR) is 45.8 cm³/mol. The zero-order valence-corrected chi connectivity index (χ0v) is 7.69. The monoisotopic (exact) mass is 186 g/mol. The molecule has 13 heavy (non-hydrogen) atoms. The lowest BCUT2D eigenvalue weighted by atomic mass is 9.77. The third-order valence-electron chi connectivity index (χ3n) is 2.76. The summed E-state index contributed by atoms with van der Waals surface area (Å²) in [6, 6.07) is 0. The van der Waals surface area contributed by atoms with Gasteiger partial charge in [0, 0.05) is 5.41 Å². The van der Waals surface area contributed by atoms with Crippen LogP contribution in [0.1, 0.15) is 20.3 Å². The minimum Gasteiger partial charge on any atom is -0.481 e. The molecule has 0 bridgehead atoms. The molecule has 0 radical (unpaired) electrons. The first-order valence-corrected chi connectivity index (χ1v) is 4.17. The zero-order valence-electron chi connectivity index (χ0n) is 7.69. The standard InChI is InChI=1S/C9H14O4/c1-9(2)5(7(10)11)3-4-6(9)8(12)13/h3,6-7,10-11H,4H2,1-2H3,(H,12,13). The Hall–Kier alpha value is -0.870. The lowest BCUT2D eigenvalue weighted by Gasteiger charge is -2.28. The van der Waals surface area contributed by atoms with Gasteiger partial charge in [0.25, 0.3) is 0 Å². The van der Waals surface area contributed by atoms with Crippen molar-refractivity contribution in [2.75, 3.05) is 0 Å². The van der Waals surface area contributed by atoms with Gasteiger partial charge in [0.15, 0.2) is 6.29 Å². The van der Waals surface area contributed by atoms with Crippen LogP contribution < -0.4 is 0 Å². The first kappa shape index (κ1) is 10.2. The number of aliphatic hydroxyl groups excluding tert-OH is 1. The van der Waals surface area contributed by atoms with Crippen molar-refractivity contribution in [3.63, 3.8) is 0 Å². The Morgan fingerprint density at radius 2 is 2.15 bits per heavy atom. The second-order valence-electron chi connectivity index (χ2n) is 3.88. The van der Waals surface area contributed by atoms with E-state index in [0.717, 1.165) is 0 Å². The van der Waals surface area contributed by atoms with Gasteiger partial charge < -0.3 is 15.3 Å². The molecule has 0 spiro atoms. The van der Waals surface area contributed by atoms with Crippen LogP contribution in [0.4, 0.5) is 0 Å². The highest BCUT2D eigenvalue weighted by Crippen LogP contribution is 2.44. The first-order valence-electron chi connectivity index (χ1n) is 4.17. The molecule has 0 saturated carbocycles. The molecular weight excluding hydrogens is 172 g/mol. The molecule has 0 heterocycles. The molecule has 0 aromatic heterocycles. The number of hydrogen-bond donors (Lipinski definition) is 3. The average molecular weight is 186 g/mol. The van der Waals surface area contributed by atoms with Crippen LogP contribution in [0, 0.1) is 11.3 Å². The van der Waals surface area contributed by atoms with Gasteiger partial charge in [0.05, 0.1) is 5.92 Å². The number of aliphatic carboxylic acids is 1. The van der Waals surface area contributed by atoms with E-state index in [1.165, 1.54) is 0 Å². The maximum atomic E-state index is 10.8. The molecule has 4 nitrogen and oxygen atoms in total. The molecule has 3 N–H and O–H groups in total. The second kappa shape index (κ2) is 3.12. The van der Waals surface area contributed by atoms with E-state index in [0.29, 0.717) is 12.0 Å². The minimum atomic E-state index is -1.54. The summed E-state index contributed by atoms with van der Waals surface area (Å²) in [6.07, 6.45) is 0.429. The van der Waals surface area contributed by atoms with Gasteiger partial charge in [-0.3, -0.25) is 4.79 Å². The summed E-state index contributed by atoms with van der Waals surface area (Å²) in [4.78, 5) is 10.8. The van der Waals surface area contributed by atoms with Crippen LogP contribution in [0.3, 0.4) is 0 Å². The summed E-state index contributed by atoms with van der Waals surface area (Å²) in [5.41, 5.74) is -0.264. The topological polar surface area (TPSA) is 77.8 Å². The van der Waals surface area contributed by atoms with E-state index in [4.69, 9.17) is 15.3 Å². The third kappa shape index (κ3) is 1.59. The second-order valence-corrected chi connectivity index (χ2v) is 3.88. The lowest BCUT2D eigenvalue weighted by Crippen LogP contribution is -2.32. The number of carboxylic acid groups (broad SMARTS) is 1. The molecule has 0 aromatic carbocycles. The fourth-order valence-electron chi connectivity index (χ4n) is 1.85. The van der Waals surface area contributed by atoms with E-state index in [-0.39, 0.29) is 0 Å². The van der Waals surface area contributed by atoms with Crippen LogP contribution in [0.5, 0.6) is 0 Å². The largest absolute Gasteiger partial charge is 0.481 e. The molecule has 0 amide bonds. The van der Waals surface area contributed by atoms with Crippen molar-refractivity contribution in [1.82, 2.24) is 0 Å². The van der Waals surface area contributed by atoms with Crippen molar-refractivity contribution in [2.24, 2.45) is 11.3 Å². The molecule has 1 aliphatic rings. The normalized spacial score (nSPS) is 26.2. The van der Waals surface area contributed by atoms with Crippen LogP contribution in [0.25, 0.3) is 0 Å². The number of allylic oxidation sites excluding steroid dienone is 1. The van der Waals surface area contributed by atoms with Crippen molar-refractivity contribution in [3.8, 4) is 0 Å². The van der Waals surface area contributed by atoms with Gasteiger partial charge in [-0.1, -0.05) is 19.9 Å². The quantitative estimate of drug-likeness (QED) is 0.429. The molecule has 4 heteroatoms.